The maximum atomic E-state index is 11.9. The van der Waals surface area contributed by atoms with Crippen molar-refractivity contribution >= 4 is 22.8 Å². The molecule has 0 atom stereocenters. The summed E-state index contributed by atoms with van der Waals surface area (Å²) in [4.78, 5) is 29.8. The number of carbonyl (C=O) groups is 1. The Morgan fingerprint density at radius 1 is 1.32 bits per heavy atom. The van der Waals surface area contributed by atoms with Crippen LogP contribution < -0.4 is 16.0 Å². The van der Waals surface area contributed by atoms with Gasteiger partial charge in [0.05, 0.1) is 5.52 Å². The first-order valence-electron chi connectivity index (χ1n) is 7.58. The third-order valence-electron chi connectivity index (χ3n) is 3.86. The molecule has 1 aliphatic rings. The maximum Gasteiger partial charge on any atom is 0.417 e. The predicted molar refractivity (Wildman–Crippen MR) is 84.3 cm³/mol. The van der Waals surface area contributed by atoms with Crippen LogP contribution in [-0.4, -0.2) is 48.6 Å². The van der Waals surface area contributed by atoms with Crippen molar-refractivity contribution in [3.63, 3.8) is 0 Å². The SMILES string of the molecule is CCCNC(=O)N1CCN(c2ccc3[nH]c(=O)oc3c2)CC1. The summed E-state index contributed by atoms with van der Waals surface area (Å²) in [6.45, 7) is 5.64. The van der Waals surface area contributed by atoms with Crippen LogP contribution in [-0.2, 0) is 0 Å². The van der Waals surface area contributed by atoms with Crippen LogP contribution in [0.1, 0.15) is 13.3 Å². The summed E-state index contributed by atoms with van der Waals surface area (Å²) in [5.74, 6) is -0.440. The number of aromatic nitrogens is 1. The second-order valence-corrected chi connectivity index (χ2v) is 5.40. The van der Waals surface area contributed by atoms with E-state index in [2.05, 4.69) is 15.2 Å². The molecule has 118 valence electrons. The second kappa shape index (κ2) is 6.13. The van der Waals surface area contributed by atoms with Crippen molar-refractivity contribution in [2.45, 2.75) is 13.3 Å². The third-order valence-corrected chi connectivity index (χ3v) is 3.86. The minimum atomic E-state index is -0.440. The summed E-state index contributed by atoms with van der Waals surface area (Å²) in [6.07, 6.45) is 0.938. The Kier molecular flexibility index (Phi) is 4.04. The summed E-state index contributed by atoms with van der Waals surface area (Å²) < 4.78 is 5.09. The fourth-order valence-corrected chi connectivity index (χ4v) is 2.64. The van der Waals surface area contributed by atoms with E-state index in [0.717, 1.165) is 25.2 Å². The average Bonchev–Trinajstić information content (AvgIpc) is 2.91. The van der Waals surface area contributed by atoms with Crippen molar-refractivity contribution in [1.29, 1.82) is 0 Å². The lowest BCUT2D eigenvalue weighted by Gasteiger charge is -2.36. The molecule has 0 radical (unpaired) electrons. The molecule has 2 N–H and O–H groups in total. The first-order chi connectivity index (χ1) is 10.7. The van der Waals surface area contributed by atoms with Crippen LogP contribution in [0.2, 0.25) is 0 Å². The standard InChI is InChI=1S/C15H20N4O3/c1-2-5-16-14(20)19-8-6-18(7-9-19)11-3-4-12-13(10-11)22-15(21)17-12/h3-4,10H,2,5-9H2,1H3,(H,16,20)(H,17,21). The van der Waals surface area contributed by atoms with E-state index in [-0.39, 0.29) is 6.03 Å². The first-order valence-corrected chi connectivity index (χ1v) is 7.58. The first kappa shape index (κ1) is 14.5. The minimum absolute atomic E-state index is 0.00795. The maximum absolute atomic E-state index is 11.9. The number of benzene rings is 1. The van der Waals surface area contributed by atoms with Crippen LogP contribution in [0.3, 0.4) is 0 Å². The Bertz CT molecular complexity index is 713. The molecule has 0 aliphatic carbocycles. The van der Waals surface area contributed by atoms with Gasteiger partial charge in [-0.05, 0) is 18.6 Å². The molecular weight excluding hydrogens is 284 g/mol. The number of oxazole rings is 1. The Hall–Kier alpha value is -2.44. The Morgan fingerprint density at radius 2 is 2.09 bits per heavy atom. The molecule has 2 heterocycles. The summed E-state index contributed by atoms with van der Waals surface area (Å²) in [7, 11) is 0. The number of piperazine rings is 1. The largest absolute Gasteiger partial charge is 0.417 e. The predicted octanol–water partition coefficient (Wildman–Crippen LogP) is 1.36. The molecule has 1 saturated heterocycles. The molecule has 0 spiro atoms. The van der Waals surface area contributed by atoms with E-state index >= 15 is 0 Å². The fourth-order valence-electron chi connectivity index (χ4n) is 2.64. The Labute approximate surface area is 127 Å². The summed E-state index contributed by atoms with van der Waals surface area (Å²) in [6, 6.07) is 5.67. The van der Waals surface area contributed by atoms with E-state index in [1.165, 1.54) is 0 Å². The van der Waals surface area contributed by atoms with E-state index in [1.807, 2.05) is 30.0 Å². The van der Waals surface area contributed by atoms with Crippen molar-refractivity contribution in [2.75, 3.05) is 37.6 Å². The van der Waals surface area contributed by atoms with Crippen LogP contribution in [0.5, 0.6) is 0 Å². The van der Waals surface area contributed by atoms with Gasteiger partial charge in [0.2, 0.25) is 0 Å². The quantitative estimate of drug-likeness (QED) is 0.897. The Balaban J connectivity index is 1.64. The second-order valence-electron chi connectivity index (χ2n) is 5.40. The van der Waals surface area contributed by atoms with Gasteiger partial charge in [0.15, 0.2) is 5.58 Å². The van der Waals surface area contributed by atoms with Crippen LogP contribution in [0, 0.1) is 0 Å². The van der Waals surface area contributed by atoms with E-state index in [0.29, 0.717) is 30.7 Å². The number of hydrogen-bond donors (Lipinski definition) is 2. The number of nitrogens with zero attached hydrogens (tertiary/aromatic N) is 2. The van der Waals surface area contributed by atoms with E-state index in [4.69, 9.17) is 4.42 Å². The number of aromatic amines is 1. The molecule has 1 aromatic carbocycles. The zero-order valence-corrected chi connectivity index (χ0v) is 12.6. The van der Waals surface area contributed by atoms with Gasteiger partial charge in [-0.1, -0.05) is 6.92 Å². The van der Waals surface area contributed by atoms with Crippen molar-refractivity contribution in [2.24, 2.45) is 0 Å². The number of anilines is 1. The van der Waals surface area contributed by atoms with Gasteiger partial charge in [0.1, 0.15) is 0 Å². The highest BCUT2D eigenvalue weighted by Crippen LogP contribution is 2.21. The van der Waals surface area contributed by atoms with Gasteiger partial charge in [-0.2, -0.15) is 0 Å². The lowest BCUT2D eigenvalue weighted by atomic mass is 10.2. The van der Waals surface area contributed by atoms with E-state index in [9.17, 15) is 9.59 Å². The molecule has 0 saturated carbocycles. The smallest absolute Gasteiger partial charge is 0.408 e. The van der Waals surface area contributed by atoms with Crippen molar-refractivity contribution in [3.05, 3.63) is 28.7 Å². The van der Waals surface area contributed by atoms with Crippen molar-refractivity contribution in [1.82, 2.24) is 15.2 Å². The zero-order chi connectivity index (χ0) is 15.5. The van der Waals surface area contributed by atoms with Crippen LogP contribution in [0.25, 0.3) is 11.1 Å². The third kappa shape index (κ3) is 2.93. The van der Waals surface area contributed by atoms with Gasteiger partial charge in [-0.25, -0.2) is 9.59 Å². The summed E-state index contributed by atoms with van der Waals surface area (Å²) in [5.41, 5.74) is 2.26. The normalized spacial score (nSPS) is 15.3. The highest BCUT2D eigenvalue weighted by Gasteiger charge is 2.21. The van der Waals surface area contributed by atoms with Gasteiger partial charge in [-0.3, -0.25) is 4.98 Å². The van der Waals surface area contributed by atoms with Crippen molar-refractivity contribution in [3.8, 4) is 0 Å². The number of amides is 2. The van der Waals surface area contributed by atoms with Gasteiger partial charge < -0.3 is 19.5 Å². The topological polar surface area (TPSA) is 81.6 Å². The molecule has 0 bridgehead atoms. The van der Waals surface area contributed by atoms with Gasteiger partial charge in [0.25, 0.3) is 0 Å². The molecule has 22 heavy (non-hydrogen) atoms. The lowest BCUT2D eigenvalue weighted by Crippen LogP contribution is -2.52. The number of fused-ring (bicyclic) bond motifs is 1. The average molecular weight is 304 g/mol. The van der Waals surface area contributed by atoms with E-state index < -0.39 is 5.76 Å². The van der Waals surface area contributed by atoms with Crippen LogP contribution >= 0.6 is 0 Å². The highest BCUT2D eigenvalue weighted by molar-refractivity contribution is 5.77. The molecule has 7 nitrogen and oxygen atoms in total. The van der Waals surface area contributed by atoms with Crippen LogP contribution in [0.4, 0.5) is 10.5 Å². The molecular formula is C15H20N4O3. The van der Waals surface area contributed by atoms with Crippen molar-refractivity contribution < 1.29 is 9.21 Å². The number of nitrogens with one attached hydrogen (secondary N) is 2. The number of H-pyrrole nitrogens is 1. The monoisotopic (exact) mass is 304 g/mol. The summed E-state index contributed by atoms with van der Waals surface area (Å²) in [5, 5.41) is 2.90. The van der Waals surface area contributed by atoms with Gasteiger partial charge >= 0.3 is 11.8 Å². The van der Waals surface area contributed by atoms with E-state index in [1.54, 1.807) is 0 Å². The van der Waals surface area contributed by atoms with Gasteiger partial charge in [0, 0.05) is 44.5 Å². The number of rotatable bonds is 3. The minimum Gasteiger partial charge on any atom is -0.408 e. The molecule has 1 fully saturated rings. The highest BCUT2D eigenvalue weighted by atomic mass is 16.4. The molecule has 3 rings (SSSR count). The molecule has 0 unspecified atom stereocenters. The van der Waals surface area contributed by atoms with Crippen LogP contribution in [0.15, 0.2) is 27.4 Å². The molecule has 2 amide bonds. The molecule has 1 aliphatic heterocycles. The fraction of sp³-hybridized carbons (Fsp3) is 0.467. The van der Waals surface area contributed by atoms with Gasteiger partial charge in [-0.15, -0.1) is 0 Å². The number of carbonyl (C=O) groups excluding carboxylic acids is 1. The lowest BCUT2D eigenvalue weighted by molar-refractivity contribution is 0.194. The number of urea groups is 1. The zero-order valence-electron chi connectivity index (χ0n) is 12.6. The molecule has 7 heteroatoms. The summed E-state index contributed by atoms with van der Waals surface area (Å²) >= 11 is 0. The number of hydrogen-bond acceptors (Lipinski definition) is 4. The molecule has 2 aromatic rings. The molecule has 1 aromatic heterocycles. The Morgan fingerprint density at radius 3 is 2.82 bits per heavy atom.